The highest BCUT2D eigenvalue weighted by molar-refractivity contribution is 8.89. The second-order valence-electron chi connectivity index (χ2n) is 5.29. The number of aromatic nitrogens is 2. The first-order valence-corrected chi connectivity index (χ1v) is 13.5. The van der Waals surface area contributed by atoms with Crippen LogP contribution in [0.4, 0.5) is 0 Å². The third kappa shape index (κ3) is 6.62. The summed E-state index contributed by atoms with van der Waals surface area (Å²) < 4.78 is 24.1. The van der Waals surface area contributed by atoms with Gasteiger partial charge in [-0.25, -0.2) is 4.98 Å². The van der Waals surface area contributed by atoms with Crippen molar-refractivity contribution in [1.82, 2.24) is 9.97 Å². The first kappa shape index (κ1) is 21.3. The first-order valence-electron chi connectivity index (χ1n) is 8.70. The van der Waals surface area contributed by atoms with Gasteiger partial charge in [0.2, 0.25) is 5.88 Å². The zero-order chi connectivity index (χ0) is 18.8. The molecule has 2 rings (SSSR count). The molecule has 0 radical (unpaired) electrons. The minimum atomic E-state index is -2.79. The number of benzene rings is 1. The SMILES string of the molecule is CCCSP(=O)(OCC)SCc1cc(OCC)nc(-c2ccccc2)n1. The van der Waals surface area contributed by atoms with Gasteiger partial charge in [0.25, 0.3) is 0 Å². The molecule has 5 nitrogen and oxygen atoms in total. The van der Waals surface area contributed by atoms with E-state index in [1.807, 2.05) is 50.2 Å². The molecule has 0 fully saturated rings. The van der Waals surface area contributed by atoms with E-state index in [0.29, 0.717) is 30.7 Å². The average Bonchev–Trinajstić information content (AvgIpc) is 2.66. The zero-order valence-electron chi connectivity index (χ0n) is 15.4. The standard InChI is InChI=1S/C18H25N2O3PS2/c1-4-12-25-24(21,23-6-3)26-14-16-13-17(22-5-2)20-18(19-16)15-10-8-7-9-11-15/h7-11,13H,4-6,12,14H2,1-3H3. The maximum absolute atomic E-state index is 12.9. The van der Waals surface area contributed by atoms with Gasteiger partial charge in [0.15, 0.2) is 5.82 Å². The molecular weight excluding hydrogens is 387 g/mol. The molecule has 0 saturated heterocycles. The molecule has 0 aliphatic heterocycles. The van der Waals surface area contributed by atoms with Crippen molar-refractivity contribution >= 4 is 28.5 Å². The van der Waals surface area contributed by atoms with Crippen molar-refractivity contribution in [1.29, 1.82) is 0 Å². The molecule has 8 heteroatoms. The van der Waals surface area contributed by atoms with E-state index < -0.39 is 5.77 Å². The Labute approximate surface area is 163 Å². The Bertz CT molecular complexity index is 732. The molecule has 1 aromatic heterocycles. The Morgan fingerprint density at radius 1 is 1.04 bits per heavy atom. The van der Waals surface area contributed by atoms with E-state index in [2.05, 4.69) is 16.9 Å². The molecule has 1 heterocycles. The van der Waals surface area contributed by atoms with E-state index in [-0.39, 0.29) is 0 Å². The molecule has 0 aliphatic rings. The quantitative estimate of drug-likeness (QED) is 0.415. The Kier molecular flexibility index (Phi) is 8.99. The van der Waals surface area contributed by atoms with Gasteiger partial charge in [0.1, 0.15) is 0 Å². The second kappa shape index (κ2) is 11.0. The van der Waals surface area contributed by atoms with Gasteiger partial charge in [-0.15, -0.1) is 0 Å². The predicted molar refractivity (Wildman–Crippen MR) is 112 cm³/mol. The molecule has 1 unspecified atom stereocenters. The van der Waals surface area contributed by atoms with Crippen molar-refractivity contribution in [3.63, 3.8) is 0 Å². The number of ether oxygens (including phenoxy) is 1. The van der Waals surface area contributed by atoms with Gasteiger partial charge in [-0.3, -0.25) is 4.57 Å². The van der Waals surface area contributed by atoms with Crippen molar-refractivity contribution in [2.24, 2.45) is 0 Å². The van der Waals surface area contributed by atoms with E-state index in [9.17, 15) is 4.57 Å². The summed E-state index contributed by atoms with van der Waals surface area (Å²) in [5.74, 6) is -0.349. The van der Waals surface area contributed by atoms with Crippen molar-refractivity contribution in [2.75, 3.05) is 19.0 Å². The molecular formula is C18H25N2O3PS2. The molecule has 0 aliphatic carbocycles. The summed E-state index contributed by atoms with van der Waals surface area (Å²) in [6, 6.07) is 11.6. The largest absolute Gasteiger partial charge is 0.478 e. The molecule has 26 heavy (non-hydrogen) atoms. The van der Waals surface area contributed by atoms with Gasteiger partial charge in [-0.1, -0.05) is 60.0 Å². The van der Waals surface area contributed by atoms with Gasteiger partial charge in [0.05, 0.1) is 18.9 Å². The van der Waals surface area contributed by atoms with Gasteiger partial charge in [0, 0.05) is 23.1 Å². The van der Waals surface area contributed by atoms with Crippen LogP contribution in [-0.4, -0.2) is 28.9 Å². The smallest absolute Gasteiger partial charge is 0.313 e. The van der Waals surface area contributed by atoms with Crippen LogP contribution in [0.25, 0.3) is 11.4 Å². The van der Waals surface area contributed by atoms with Crippen LogP contribution < -0.4 is 4.74 Å². The maximum Gasteiger partial charge on any atom is 0.313 e. The summed E-state index contributed by atoms with van der Waals surface area (Å²) in [5.41, 5.74) is 1.71. The lowest BCUT2D eigenvalue weighted by Gasteiger charge is -2.16. The van der Waals surface area contributed by atoms with E-state index in [0.717, 1.165) is 23.4 Å². The van der Waals surface area contributed by atoms with E-state index >= 15 is 0 Å². The lowest BCUT2D eigenvalue weighted by atomic mass is 10.2. The Morgan fingerprint density at radius 2 is 1.81 bits per heavy atom. The topological polar surface area (TPSA) is 61.3 Å². The Balaban J connectivity index is 2.22. The fraction of sp³-hybridized carbons (Fsp3) is 0.444. The molecule has 0 N–H and O–H groups in total. The molecule has 0 saturated carbocycles. The summed E-state index contributed by atoms with van der Waals surface area (Å²) in [6.07, 6.45) is 0.961. The molecule has 2 aromatic rings. The van der Waals surface area contributed by atoms with Crippen LogP contribution in [0.2, 0.25) is 0 Å². The van der Waals surface area contributed by atoms with Crippen molar-refractivity contribution < 1.29 is 13.8 Å². The minimum Gasteiger partial charge on any atom is -0.478 e. The van der Waals surface area contributed by atoms with Crippen LogP contribution in [-0.2, 0) is 14.8 Å². The number of hydrogen-bond donors (Lipinski definition) is 0. The van der Waals surface area contributed by atoms with E-state index in [4.69, 9.17) is 9.26 Å². The fourth-order valence-electron chi connectivity index (χ4n) is 2.10. The van der Waals surface area contributed by atoms with Crippen molar-refractivity contribution in [3.8, 4) is 17.3 Å². The Morgan fingerprint density at radius 3 is 2.46 bits per heavy atom. The lowest BCUT2D eigenvalue weighted by molar-refractivity contribution is 0.326. The Hall–Kier alpha value is -1.01. The van der Waals surface area contributed by atoms with Gasteiger partial charge in [-0.05, 0) is 20.3 Å². The number of nitrogens with zero attached hydrogens (tertiary/aromatic N) is 2. The third-order valence-electron chi connectivity index (χ3n) is 3.19. The van der Waals surface area contributed by atoms with Crippen LogP contribution in [0.5, 0.6) is 5.88 Å². The molecule has 142 valence electrons. The molecule has 0 amide bonds. The highest BCUT2D eigenvalue weighted by atomic mass is 33.1. The van der Waals surface area contributed by atoms with Crippen LogP contribution in [0.1, 0.15) is 32.9 Å². The summed E-state index contributed by atoms with van der Waals surface area (Å²) in [5, 5.41) is 0. The maximum atomic E-state index is 12.9. The monoisotopic (exact) mass is 412 g/mol. The van der Waals surface area contributed by atoms with E-state index in [1.54, 1.807) is 0 Å². The fourth-order valence-corrected chi connectivity index (χ4v) is 8.70. The molecule has 0 spiro atoms. The average molecular weight is 413 g/mol. The molecule has 1 atom stereocenters. The van der Waals surface area contributed by atoms with Crippen molar-refractivity contribution in [3.05, 3.63) is 42.1 Å². The lowest BCUT2D eigenvalue weighted by Crippen LogP contribution is -2.00. The molecule has 1 aromatic carbocycles. The number of rotatable bonds is 11. The van der Waals surface area contributed by atoms with Gasteiger partial charge < -0.3 is 9.26 Å². The van der Waals surface area contributed by atoms with Gasteiger partial charge >= 0.3 is 5.77 Å². The first-order chi connectivity index (χ1) is 12.6. The predicted octanol–water partition coefficient (Wildman–Crippen LogP) is 6.06. The summed E-state index contributed by atoms with van der Waals surface area (Å²) in [6.45, 7) is 6.82. The van der Waals surface area contributed by atoms with E-state index in [1.165, 1.54) is 22.8 Å². The summed E-state index contributed by atoms with van der Waals surface area (Å²) >= 11 is 2.73. The van der Waals surface area contributed by atoms with Crippen LogP contribution >= 0.6 is 28.5 Å². The summed E-state index contributed by atoms with van der Waals surface area (Å²) in [7, 11) is 0. The van der Waals surface area contributed by atoms with Gasteiger partial charge in [-0.2, -0.15) is 4.98 Å². The minimum absolute atomic E-state index is 0.435. The highest BCUT2D eigenvalue weighted by Gasteiger charge is 2.24. The second-order valence-corrected chi connectivity index (χ2v) is 12.8. The van der Waals surface area contributed by atoms with Crippen LogP contribution in [0.3, 0.4) is 0 Å². The van der Waals surface area contributed by atoms with Crippen LogP contribution in [0.15, 0.2) is 36.4 Å². The normalized spacial score (nSPS) is 13.3. The van der Waals surface area contributed by atoms with Crippen LogP contribution in [0, 0.1) is 0 Å². The van der Waals surface area contributed by atoms with Crippen molar-refractivity contribution in [2.45, 2.75) is 32.9 Å². The summed E-state index contributed by atoms with van der Waals surface area (Å²) in [4.78, 5) is 9.11. The molecule has 0 bridgehead atoms. The number of hydrogen-bond acceptors (Lipinski definition) is 7. The zero-order valence-corrected chi connectivity index (χ0v) is 17.9. The third-order valence-corrected chi connectivity index (χ3v) is 10.8. The highest BCUT2D eigenvalue weighted by Crippen LogP contribution is 2.70.